The first-order valence-corrected chi connectivity index (χ1v) is 6.02. The Hall–Kier alpha value is -0.640. The number of nitrogens with zero attached hydrogens (tertiary/aromatic N) is 1. The molecule has 0 N–H and O–H groups in total. The summed E-state index contributed by atoms with van der Waals surface area (Å²) in [5, 5.41) is 0.489. The molecule has 0 aromatic carbocycles. The summed E-state index contributed by atoms with van der Waals surface area (Å²) in [6.07, 6.45) is 3.75. The minimum absolute atomic E-state index is 0.280. The molecule has 0 aliphatic carbocycles. The Kier molecular flexibility index (Phi) is 4.16. The maximum absolute atomic E-state index is 5.72. The summed E-state index contributed by atoms with van der Waals surface area (Å²) in [6, 6.07) is 3.64. The van der Waals surface area contributed by atoms with Gasteiger partial charge in [0, 0.05) is 17.7 Å². The first-order valence-electron chi connectivity index (χ1n) is 5.64. The van der Waals surface area contributed by atoms with Gasteiger partial charge in [0.25, 0.3) is 0 Å². The predicted octanol–water partition coefficient (Wildman–Crippen LogP) is 3.20. The highest BCUT2D eigenvalue weighted by atomic mass is 35.5. The van der Waals surface area contributed by atoms with E-state index in [-0.39, 0.29) is 6.29 Å². The van der Waals surface area contributed by atoms with Crippen LogP contribution in [-0.2, 0) is 9.47 Å². The average Bonchev–Trinajstić information content (AvgIpc) is 2.32. The van der Waals surface area contributed by atoms with Gasteiger partial charge < -0.3 is 9.47 Å². The van der Waals surface area contributed by atoms with Crippen molar-refractivity contribution in [2.75, 3.05) is 13.2 Å². The molecule has 4 heteroatoms. The number of halogens is 1. The van der Waals surface area contributed by atoms with E-state index in [1.165, 1.54) is 6.42 Å². The number of hydrogen-bond donors (Lipinski definition) is 0. The molecule has 88 valence electrons. The summed E-state index contributed by atoms with van der Waals surface area (Å²) in [5.41, 5.74) is 0.930. The van der Waals surface area contributed by atoms with Gasteiger partial charge in [-0.2, -0.15) is 0 Å². The second-order valence-electron chi connectivity index (χ2n) is 4.07. The van der Waals surface area contributed by atoms with Crippen molar-refractivity contribution in [1.29, 1.82) is 0 Å². The molecule has 1 saturated heterocycles. The molecule has 0 atom stereocenters. The molecule has 1 fully saturated rings. The lowest BCUT2D eigenvalue weighted by atomic mass is 10.1. The topological polar surface area (TPSA) is 31.4 Å². The Bertz CT molecular complexity index is 320. The van der Waals surface area contributed by atoms with Crippen molar-refractivity contribution in [3.8, 4) is 0 Å². The van der Waals surface area contributed by atoms with E-state index in [1.807, 2.05) is 6.07 Å². The maximum Gasteiger partial charge on any atom is 0.185 e. The normalized spacial score (nSPS) is 25.6. The van der Waals surface area contributed by atoms with Crippen molar-refractivity contribution in [3.63, 3.8) is 0 Å². The summed E-state index contributed by atoms with van der Waals surface area (Å²) in [4.78, 5) is 4.02. The third-order valence-electron chi connectivity index (χ3n) is 2.69. The van der Waals surface area contributed by atoms with Crippen molar-refractivity contribution in [2.45, 2.75) is 26.1 Å². The van der Waals surface area contributed by atoms with Gasteiger partial charge in [-0.1, -0.05) is 24.9 Å². The van der Waals surface area contributed by atoms with Gasteiger partial charge in [0.1, 0.15) is 5.15 Å². The fraction of sp³-hybridized carbons (Fsp3) is 0.583. The molecule has 1 aliphatic rings. The van der Waals surface area contributed by atoms with Crippen LogP contribution in [0.5, 0.6) is 0 Å². The second kappa shape index (κ2) is 5.62. The van der Waals surface area contributed by atoms with Gasteiger partial charge in [0.15, 0.2) is 6.29 Å². The average molecular weight is 242 g/mol. The maximum atomic E-state index is 5.72. The molecule has 0 saturated carbocycles. The molecule has 0 amide bonds. The standard InChI is InChI=1S/C12H16ClNO2/c1-2-3-9-7-15-12(16-8-9)10-4-5-11(13)14-6-10/h4-6,9,12H,2-3,7-8H2,1H3. The molecule has 16 heavy (non-hydrogen) atoms. The highest BCUT2D eigenvalue weighted by Gasteiger charge is 2.22. The molecule has 2 heterocycles. The van der Waals surface area contributed by atoms with E-state index in [1.54, 1.807) is 12.3 Å². The van der Waals surface area contributed by atoms with Crippen LogP contribution in [-0.4, -0.2) is 18.2 Å². The van der Waals surface area contributed by atoms with Crippen molar-refractivity contribution >= 4 is 11.6 Å². The highest BCUT2D eigenvalue weighted by molar-refractivity contribution is 6.29. The molecular weight excluding hydrogens is 226 g/mol. The van der Waals surface area contributed by atoms with Crippen molar-refractivity contribution in [1.82, 2.24) is 4.98 Å². The summed E-state index contributed by atoms with van der Waals surface area (Å²) in [5.74, 6) is 0.529. The van der Waals surface area contributed by atoms with Crippen molar-refractivity contribution < 1.29 is 9.47 Å². The fourth-order valence-corrected chi connectivity index (χ4v) is 1.95. The van der Waals surface area contributed by atoms with E-state index in [9.17, 15) is 0 Å². The van der Waals surface area contributed by atoms with Crippen LogP contribution in [0.2, 0.25) is 5.15 Å². The Labute approximate surface area is 101 Å². The summed E-state index contributed by atoms with van der Waals surface area (Å²) < 4.78 is 11.3. The van der Waals surface area contributed by atoms with E-state index in [2.05, 4.69) is 11.9 Å². The van der Waals surface area contributed by atoms with Gasteiger partial charge in [-0.3, -0.25) is 0 Å². The molecule has 0 unspecified atom stereocenters. The van der Waals surface area contributed by atoms with Crippen LogP contribution >= 0.6 is 11.6 Å². The quantitative estimate of drug-likeness (QED) is 0.762. The first-order chi connectivity index (χ1) is 7.79. The monoisotopic (exact) mass is 241 g/mol. The zero-order valence-electron chi connectivity index (χ0n) is 9.36. The van der Waals surface area contributed by atoms with Gasteiger partial charge in [0.2, 0.25) is 0 Å². The zero-order chi connectivity index (χ0) is 11.4. The largest absolute Gasteiger partial charge is 0.348 e. The highest BCUT2D eigenvalue weighted by Crippen LogP contribution is 2.26. The second-order valence-corrected chi connectivity index (χ2v) is 4.45. The molecule has 0 radical (unpaired) electrons. The summed E-state index contributed by atoms with van der Waals surface area (Å²) in [7, 11) is 0. The number of hydrogen-bond acceptors (Lipinski definition) is 3. The summed E-state index contributed by atoms with van der Waals surface area (Å²) in [6.45, 7) is 3.71. The fourth-order valence-electron chi connectivity index (χ4n) is 1.84. The molecule has 3 nitrogen and oxygen atoms in total. The van der Waals surface area contributed by atoms with E-state index in [0.717, 1.165) is 25.2 Å². The van der Waals surface area contributed by atoms with Crippen LogP contribution in [0.25, 0.3) is 0 Å². The Morgan fingerprint density at radius 2 is 2.12 bits per heavy atom. The number of pyridine rings is 1. The van der Waals surface area contributed by atoms with Gasteiger partial charge in [-0.05, 0) is 18.6 Å². The van der Waals surface area contributed by atoms with Crippen LogP contribution in [0.4, 0.5) is 0 Å². The van der Waals surface area contributed by atoms with E-state index in [4.69, 9.17) is 21.1 Å². The van der Waals surface area contributed by atoms with Crippen LogP contribution in [0.3, 0.4) is 0 Å². The SMILES string of the molecule is CCCC1COC(c2ccc(Cl)nc2)OC1. The minimum Gasteiger partial charge on any atom is -0.348 e. The van der Waals surface area contributed by atoms with Crippen molar-refractivity contribution in [3.05, 3.63) is 29.0 Å². The number of aromatic nitrogens is 1. The minimum atomic E-state index is -0.280. The lowest BCUT2D eigenvalue weighted by Gasteiger charge is -2.29. The van der Waals surface area contributed by atoms with Gasteiger partial charge in [0.05, 0.1) is 13.2 Å². The zero-order valence-corrected chi connectivity index (χ0v) is 10.1. The smallest absolute Gasteiger partial charge is 0.185 e. The first kappa shape index (κ1) is 11.8. The van der Waals surface area contributed by atoms with Crippen LogP contribution in [0.1, 0.15) is 31.6 Å². The van der Waals surface area contributed by atoms with Crippen LogP contribution < -0.4 is 0 Å². The van der Waals surface area contributed by atoms with E-state index in [0.29, 0.717) is 11.1 Å². The Morgan fingerprint density at radius 1 is 1.38 bits per heavy atom. The lowest BCUT2D eigenvalue weighted by Crippen LogP contribution is -2.27. The summed E-state index contributed by atoms with van der Waals surface area (Å²) >= 11 is 5.72. The van der Waals surface area contributed by atoms with Crippen LogP contribution in [0, 0.1) is 5.92 Å². The molecule has 2 rings (SSSR count). The van der Waals surface area contributed by atoms with E-state index < -0.39 is 0 Å². The lowest BCUT2D eigenvalue weighted by molar-refractivity contribution is -0.206. The third kappa shape index (κ3) is 2.94. The number of rotatable bonds is 3. The third-order valence-corrected chi connectivity index (χ3v) is 2.91. The van der Waals surface area contributed by atoms with Gasteiger partial charge in [-0.15, -0.1) is 0 Å². The number of ether oxygens (including phenoxy) is 2. The van der Waals surface area contributed by atoms with Gasteiger partial charge >= 0.3 is 0 Å². The molecule has 1 aliphatic heterocycles. The molecule has 1 aromatic heterocycles. The van der Waals surface area contributed by atoms with Crippen LogP contribution in [0.15, 0.2) is 18.3 Å². The molecule has 0 spiro atoms. The Balaban J connectivity index is 1.91. The molecule has 1 aromatic rings. The van der Waals surface area contributed by atoms with Gasteiger partial charge in [-0.25, -0.2) is 4.98 Å². The molecular formula is C12H16ClNO2. The predicted molar refractivity (Wildman–Crippen MR) is 62.3 cm³/mol. The van der Waals surface area contributed by atoms with Crippen molar-refractivity contribution in [2.24, 2.45) is 5.92 Å². The molecule has 0 bridgehead atoms. The Morgan fingerprint density at radius 3 is 2.69 bits per heavy atom. The van der Waals surface area contributed by atoms with E-state index >= 15 is 0 Å².